The lowest BCUT2D eigenvalue weighted by Crippen LogP contribution is -2.12. The molecule has 0 saturated carbocycles. The highest BCUT2D eigenvalue weighted by atomic mass is 16.5. The Bertz CT molecular complexity index is 388. The van der Waals surface area contributed by atoms with Crippen molar-refractivity contribution in [1.29, 1.82) is 0 Å². The third-order valence-corrected chi connectivity index (χ3v) is 2.56. The maximum absolute atomic E-state index is 5.46. The zero-order chi connectivity index (χ0) is 10.9. The third kappa shape index (κ3) is 2.20. The van der Waals surface area contributed by atoms with E-state index in [9.17, 15) is 0 Å². The number of aliphatic imine (C=N–C) groups is 1. The van der Waals surface area contributed by atoms with Gasteiger partial charge in [-0.25, -0.2) is 4.99 Å². The molecule has 0 aliphatic carbocycles. The molecule has 0 fully saturated rings. The van der Waals surface area contributed by atoms with Crippen LogP contribution in [-0.2, 0) is 10.2 Å². The molecule has 80 valence electrons. The minimum atomic E-state index is 0.176. The van der Waals surface area contributed by atoms with Gasteiger partial charge in [0, 0.05) is 5.56 Å². The van der Waals surface area contributed by atoms with Crippen molar-refractivity contribution in [3.05, 3.63) is 35.4 Å². The van der Waals surface area contributed by atoms with E-state index in [0.29, 0.717) is 0 Å². The summed E-state index contributed by atoms with van der Waals surface area (Å²) in [5, 5.41) is 0. The maximum Gasteiger partial charge on any atom is 0.216 e. The molecule has 0 atom stereocenters. The van der Waals surface area contributed by atoms with Gasteiger partial charge in [-0.2, -0.15) is 0 Å². The molecule has 1 heterocycles. The van der Waals surface area contributed by atoms with Gasteiger partial charge in [-0.15, -0.1) is 0 Å². The van der Waals surface area contributed by atoms with Crippen LogP contribution in [0.4, 0.5) is 0 Å². The number of nitrogens with zero attached hydrogens (tertiary/aromatic N) is 1. The molecular formula is C13H17NO. The summed E-state index contributed by atoms with van der Waals surface area (Å²) < 4.78 is 5.46. The Morgan fingerprint density at radius 2 is 2.07 bits per heavy atom. The molecule has 0 radical (unpaired) electrons. The molecule has 2 rings (SSSR count). The molecule has 2 heteroatoms. The van der Waals surface area contributed by atoms with Crippen LogP contribution in [0.5, 0.6) is 0 Å². The zero-order valence-electron chi connectivity index (χ0n) is 9.58. The fourth-order valence-corrected chi connectivity index (χ4v) is 1.63. The van der Waals surface area contributed by atoms with Crippen LogP contribution in [0.25, 0.3) is 0 Å². The highest BCUT2D eigenvalue weighted by molar-refractivity contribution is 5.95. The second-order valence-corrected chi connectivity index (χ2v) is 4.87. The van der Waals surface area contributed by atoms with E-state index < -0.39 is 0 Å². The van der Waals surface area contributed by atoms with Crippen LogP contribution in [-0.4, -0.2) is 19.0 Å². The van der Waals surface area contributed by atoms with Crippen LogP contribution in [0.15, 0.2) is 29.3 Å². The average molecular weight is 203 g/mol. The summed E-state index contributed by atoms with van der Waals surface area (Å²) in [6.07, 6.45) is 0. The summed E-state index contributed by atoms with van der Waals surface area (Å²) in [6, 6.07) is 8.45. The Hall–Kier alpha value is -1.31. The summed E-state index contributed by atoms with van der Waals surface area (Å²) in [4.78, 5) is 4.32. The first-order valence-corrected chi connectivity index (χ1v) is 5.35. The molecule has 1 aromatic rings. The van der Waals surface area contributed by atoms with Gasteiger partial charge >= 0.3 is 0 Å². The topological polar surface area (TPSA) is 21.6 Å². The van der Waals surface area contributed by atoms with Gasteiger partial charge in [0.1, 0.15) is 6.61 Å². The second kappa shape index (κ2) is 3.69. The first-order valence-electron chi connectivity index (χ1n) is 5.35. The largest absolute Gasteiger partial charge is 0.476 e. The summed E-state index contributed by atoms with van der Waals surface area (Å²) in [5.41, 5.74) is 2.59. The van der Waals surface area contributed by atoms with E-state index in [1.54, 1.807) is 0 Å². The van der Waals surface area contributed by atoms with Crippen molar-refractivity contribution in [2.75, 3.05) is 13.2 Å². The van der Waals surface area contributed by atoms with Crippen molar-refractivity contribution in [1.82, 2.24) is 0 Å². The highest BCUT2D eigenvalue weighted by Gasteiger charge is 2.16. The predicted octanol–water partition coefficient (Wildman–Crippen LogP) is 2.76. The first kappa shape index (κ1) is 10.2. The molecule has 1 aliphatic rings. The second-order valence-electron chi connectivity index (χ2n) is 4.87. The lowest BCUT2D eigenvalue weighted by Gasteiger charge is -2.19. The quantitative estimate of drug-likeness (QED) is 0.687. The monoisotopic (exact) mass is 203 g/mol. The van der Waals surface area contributed by atoms with Crippen LogP contribution in [0.1, 0.15) is 31.9 Å². The molecule has 15 heavy (non-hydrogen) atoms. The SMILES string of the molecule is CC(C)(C)c1cccc(C2=NCCO2)c1. The van der Waals surface area contributed by atoms with Gasteiger partial charge in [0.25, 0.3) is 0 Å². The number of ether oxygens (including phenoxy) is 1. The van der Waals surface area contributed by atoms with Gasteiger partial charge in [-0.1, -0.05) is 32.9 Å². The summed E-state index contributed by atoms with van der Waals surface area (Å²) in [7, 11) is 0. The van der Waals surface area contributed by atoms with E-state index in [2.05, 4.69) is 50.0 Å². The van der Waals surface area contributed by atoms with Crippen LogP contribution in [0, 0.1) is 0 Å². The van der Waals surface area contributed by atoms with E-state index in [1.165, 1.54) is 5.56 Å². The lowest BCUT2D eigenvalue weighted by atomic mass is 9.86. The number of hydrogen-bond donors (Lipinski definition) is 0. The smallest absolute Gasteiger partial charge is 0.216 e. The van der Waals surface area contributed by atoms with Crippen molar-refractivity contribution in [3.63, 3.8) is 0 Å². The molecule has 0 bridgehead atoms. The molecule has 1 aromatic carbocycles. The maximum atomic E-state index is 5.46. The number of benzene rings is 1. The van der Waals surface area contributed by atoms with Gasteiger partial charge in [0.05, 0.1) is 6.54 Å². The Morgan fingerprint density at radius 1 is 1.27 bits per heavy atom. The van der Waals surface area contributed by atoms with Crippen LogP contribution >= 0.6 is 0 Å². The predicted molar refractivity (Wildman–Crippen MR) is 62.5 cm³/mol. The van der Waals surface area contributed by atoms with E-state index in [-0.39, 0.29) is 5.41 Å². The normalized spacial score (nSPS) is 16.1. The summed E-state index contributed by atoms with van der Waals surface area (Å²) >= 11 is 0. The molecule has 0 saturated heterocycles. The first-order chi connectivity index (χ1) is 7.07. The molecular weight excluding hydrogens is 186 g/mol. The minimum Gasteiger partial charge on any atom is -0.476 e. The number of hydrogen-bond acceptors (Lipinski definition) is 2. The average Bonchev–Trinajstić information content (AvgIpc) is 2.69. The molecule has 0 aromatic heterocycles. The molecule has 2 nitrogen and oxygen atoms in total. The van der Waals surface area contributed by atoms with Crippen molar-refractivity contribution < 1.29 is 4.74 Å². The van der Waals surface area contributed by atoms with E-state index >= 15 is 0 Å². The third-order valence-electron chi connectivity index (χ3n) is 2.56. The van der Waals surface area contributed by atoms with Crippen molar-refractivity contribution in [3.8, 4) is 0 Å². The molecule has 1 aliphatic heterocycles. The highest BCUT2D eigenvalue weighted by Crippen LogP contribution is 2.23. The molecule has 0 N–H and O–H groups in total. The van der Waals surface area contributed by atoms with Gasteiger partial charge in [0.15, 0.2) is 0 Å². The van der Waals surface area contributed by atoms with Crippen molar-refractivity contribution in [2.24, 2.45) is 4.99 Å². The van der Waals surface area contributed by atoms with E-state index in [0.717, 1.165) is 24.6 Å². The Labute approximate surface area is 91.0 Å². The molecule has 0 spiro atoms. The Balaban J connectivity index is 2.34. The van der Waals surface area contributed by atoms with Crippen LogP contribution in [0.3, 0.4) is 0 Å². The zero-order valence-corrected chi connectivity index (χ0v) is 9.58. The van der Waals surface area contributed by atoms with Crippen LogP contribution in [0.2, 0.25) is 0 Å². The van der Waals surface area contributed by atoms with Crippen molar-refractivity contribution >= 4 is 5.90 Å². The number of rotatable bonds is 1. The summed E-state index contributed by atoms with van der Waals surface area (Å²) in [5.74, 6) is 0.793. The van der Waals surface area contributed by atoms with Gasteiger partial charge in [-0.3, -0.25) is 0 Å². The Morgan fingerprint density at radius 3 is 2.67 bits per heavy atom. The van der Waals surface area contributed by atoms with Crippen molar-refractivity contribution in [2.45, 2.75) is 26.2 Å². The van der Waals surface area contributed by atoms with Gasteiger partial charge in [0.2, 0.25) is 5.90 Å². The summed E-state index contributed by atoms with van der Waals surface area (Å²) in [6.45, 7) is 8.14. The Kier molecular flexibility index (Phi) is 2.51. The van der Waals surface area contributed by atoms with E-state index in [4.69, 9.17) is 4.74 Å². The fourth-order valence-electron chi connectivity index (χ4n) is 1.63. The van der Waals surface area contributed by atoms with Crippen LogP contribution < -0.4 is 0 Å². The van der Waals surface area contributed by atoms with Gasteiger partial charge < -0.3 is 4.74 Å². The minimum absolute atomic E-state index is 0.176. The standard InChI is InChI=1S/C13H17NO/c1-13(2,3)11-6-4-5-10(9-11)12-14-7-8-15-12/h4-6,9H,7-8H2,1-3H3. The fraction of sp³-hybridized carbons (Fsp3) is 0.462. The lowest BCUT2D eigenvalue weighted by molar-refractivity contribution is 0.348. The molecule has 0 amide bonds. The van der Waals surface area contributed by atoms with Gasteiger partial charge in [-0.05, 0) is 23.1 Å². The molecule has 0 unspecified atom stereocenters. The van der Waals surface area contributed by atoms with E-state index in [1.807, 2.05) is 0 Å².